The van der Waals surface area contributed by atoms with E-state index in [-0.39, 0.29) is 6.04 Å². The van der Waals surface area contributed by atoms with Crippen LogP contribution in [0.2, 0.25) is 0 Å². The van der Waals surface area contributed by atoms with Crippen LogP contribution in [0.1, 0.15) is 42.8 Å². The van der Waals surface area contributed by atoms with Crippen LogP contribution in [-0.2, 0) is 12.3 Å². The van der Waals surface area contributed by atoms with E-state index in [0.717, 1.165) is 29.4 Å². The first-order valence-electron chi connectivity index (χ1n) is 5.78. The van der Waals surface area contributed by atoms with Gasteiger partial charge in [-0.25, -0.2) is 9.97 Å². The summed E-state index contributed by atoms with van der Waals surface area (Å²) in [6.07, 6.45) is 5.99. The summed E-state index contributed by atoms with van der Waals surface area (Å²) in [7, 11) is 0. The van der Waals surface area contributed by atoms with Gasteiger partial charge in [0.15, 0.2) is 0 Å². The second-order valence-electron chi connectivity index (χ2n) is 3.99. The summed E-state index contributed by atoms with van der Waals surface area (Å²) in [6, 6.07) is 0.237. The average Bonchev–Trinajstić information content (AvgIpc) is 2.97. The molecule has 0 fully saturated rings. The molecule has 0 saturated heterocycles. The van der Waals surface area contributed by atoms with Crippen molar-refractivity contribution in [3.8, 4) is 0 Å². The molecule has 0 radical (unpaired) electrons. The number of alkyl halides is 1. The highest BCUT2D eigenvalue weighted by Crippen LogP contribution is 2.24. The molecule has 2 aromatic rings. The lowest BCUT2D eigenvalue weighted by Gasteiger charge is -2.13. The first-order valence-corrected chi connectivity index (χ1v) is 7.19. The topological polar surface area (TPSA) is 30.7 Å². The van der Waals surface area contributed by atoms with Gasteiger partial charge in [0.2, 0.25) is 0 Å². The number of imidazole rings is 1. The van der Waals surface area contributed by atoms with Crippen molar-refractivity contribution in [2.24, 2.45) is 0 Å². The van der Waals surface area contributed by atoms with E-state index in [1.54, 1.807) is 11.3 Å². The number of rotatable bonds is 5. The van der Waals surface area contributed by atoms with Crippen molar-refractivity contribution in [3.63, 3.8) is 0 Å². The van der Waals surface area contributed by atoms with Crippen molar-refractivity contribution in [1.29, 1.82) is 0 Å². The smallest absolute Gasteiger partial charge is 0.116 e. The van der Waals surface area contributed by atoms with Crippen LogP contribution in [0.5, 0.6) is 0 Å². The summed E-state index contributed by atoms with van der Waals surface area (Å²) in [4.78, 5) is 8.92. The lowest BCUT2D eigenvalue weighted by atomic mass is 10.3. The number of nitrogens with zero attached hydrogens (tertiary/aromatic N) is 3. The fourth-order valence-corrected chi connectivity index (χ4v) is 2.91. The number of hydrogen-bond acceptors (Lipinski definition) is 3. The summed E-state index contributed by atoms with van der Waals surface area (Å²) in [5.74, 6) is 1.61. The number of halogens is 1. The zero-order valence-corrected chi connectivity index (χ0v) is 11.6. The number of aromatic nitrogens is 3. The van der Waals surface area contributed by atoms with Crippen molar-refractivity contribution in [1.82, 2.24) is 14.5 Å². The molecular weight excluding hydrogens is 254 g/mol. The Hall–Kier alpha value is -0.870. The highest BCUT2D eigenvalue weighted by atomic mass is 35.5. The summed E-state index contributed by atoms with van der Waals surface area (Å²) in [6.45, 7) is 4.32. The van der Waals surface area contributed by atoms with E-state index in [1.165, 1.54) is 0 Å². The lowest BCUT2D eigenvalue weighted by molar-refractivity contribution is 0.592. The van der Waals surface area contributed by atoms with Gasteiger partial charge in [-0.15, -0.1) is 22.9 Å². The summed E-state index contributed by atoms with van der Waals surface area (Å²) in [5, 5.41) is 3.12. The fourth-order valence-electron chi connectivity index (χ4n) is 1.81. The first-order chi connectivity index (χ1) is 8.26. The van der Waals surface area contributed by atoms with Gasteiger partial charge in [0.1, 0.15) is 10.8 Å². The SMILES string of the molecule is CCCc1nccn1C(C)c1nc(CCl)cs1. The number of hydrogen-bond donors (Lipinski definition) is 0. The van der Waals surface area contributed by atoms with E-state index in [4.69, 9.17) is 11.6 Å². The van der Waals surface area contributed by atoms with E-state index in [2.05, 4.69) is 28.4 Å². The summed E-state index contributed by atoms with van der Waals surface area (Å²) >= 11 is 7.44. The van der Waals surface area contributed by atoms with Crippen molar-refractivity contribution in [2.45, 2.75) is 38.6 Å². The van der Waals surface area contributed by atoms with Crippen molar-refractivity contribution in [2.75, 3.05) is 0 Å². The fraction of sp³-hybridized carbons (Fsp3) is 0.500. The van der Waals surface area contributed by atoms with Crippen molar-refractivity contribution in [3.05, 3.63) is 34.3 Å². The molecule has 0 aliphatic rings. The third kappa shape index (κ3) is 2.69. The van der Waals surface area contributed by atoms with E-state index >= 15 is 0 Å². The Labute approximate surface area is 110 Å². The minimum atomic E-state index is 0.237. The Kier molecular flexibility index (Phi) is 4.18. The van der Waals surface area contributed by atoms with E-state index in [1.807, 2.05) is 17.8 Å². The van der Waals surface area contributed by atoms with Crippen LogP contribution in [0.4, 0.5) is 0 Å². The van der Waals surface area contributed by atoms with Crippen molar-refractivity contribution < 1.29 is 0 Å². The Morgan fingerprint density at radius 3 is 3.00 bits per heavy atom. The second kappa shape index (κ2) is 5.65. The van der Waals surface area contributed by atoms with Gasteiger partial charge >= 0.3 is 0 Å². The first kappa shape index (κ1) is 12.6. The molecule has 0 amide bonds. The monoisotopic (exact) mass is 269 g/mol. The molecule has 0 aliphatic carbocycles. The molecule has 0 aliphatic heterocycles. The predicted octanol–water partition coefficient (Wildman–Crippen LogP) is 3.64. The molecule has 2 rings (SSSR count). The van der Waals surface area contributed by atoms with Gasteiger partial charge in [-0.1, -0.05) is 6.92 Å². The third-order valence-electron chi connectivity index (χ3n) is 2.70. The second-order valence-corrected chi connectivity index (χ2v) is 5.14. The predicted molar refractivity (Wildman–Crippen MR) is 71.7 cm³/mol. The molecule has 5 heteroatoms. The van der Waals surface area contributed by atoms with Crippen LogP contribution < -0.4 is 0 Å². The maximum absolute atomic E-state index is 5.78. The number of thiazole rings is 1. The molecule has 17 heavy (non-hydrogen) atoms. The van der Waals surface area contributed by atoms with Gasteiger partial charge in [0.25, 0.3) is 0 Å². The molecule has 0 aromatic carbocycles. The molecule has 0 saturated carbocycles. The third-order valence-corrected chi connectivity index (χ3v) is 4.04. The van der Waals surface area contributed by atoms with Gasteiger partial charge in [0, 0.05) is 24.2 Å². The Morgan fingerprint density at radius 1 is 1.53 bits per heavy atom. The molecule has 0 bridgehead atoms. The molecule has 2 aromatic heterocycles. The van der Waals surface area contributed by atoms with Crippen LogP contribution >= 0.6 is 22.9 Å². The molecule has 3 nitrogen and oxygen atoms in total. The lowest BCUT2D eigenvalue weighted by Crippen LogP contribution is -2.09. The van der Waals surface area contributed by atoms with E-state index in [0.29, 0.717) is 5.88 Å². The average molecular weight is 270 g/mol. The molecule has 2 heterocycles. The van der Waals surface area contributed by atoms with Crippen LogP contribution in [0.3, 0.4) is 0 Å². The normalized spacial score (nSPS) is 12.9. The quantitative estimate of drug-likeness (QED) is 0.776. The molecule has 1 unspecified atom stereocenters. The van der Waals surface area contributed by atoms with Crippen LogP contribution in [0, 0.1) is 0 Å². The van der Waals surface area contributed by atoms with Crippen LogP contribution in [0.25, 0.3) is 0 Å². The Morgan fingerprint density at radius 2 is 2.35 bits per heavy atom. The maximum Gasteiger partial charge on any atom is 0.116 e. The Bertz CT molecular complexity index is 478. The minimum absolute atomic E-state index is 0.237. The van der Waals surface area contributed by atoms with Gasteiger partial charge < -0.3 is 4.57 Å². The zero-order valence-electron chi connectivity index (χ0n) is 10.1. The molecule has 92 valence electrons. The van der Waals surface area contributed by atoms with Gasteiger partial charge in [-0.05, 0) is 13.3 Å². The Balaban J connectivity index is 2.23. The largest absolute Gasteiger partial charge is 0.325 e. The van der Waals surface area contributed by atoms with Crippen molar-refractivity contribution >= 4 is 22.9 Å². The number of aryl methyl sites for hydroxylation is 1. The highest BCUT2D eigenvalue weighted by Gasteiger charge is 2.14. The van der Waals surface area contributed by atoms with Gasteiger partial charge in [-0.3, -0.25) is 0 Å². The van der Waals surface area contributed by atoms with E-state index in [9.17, 15) is 0 Å². The summed E-state index contributed by atoms with van der Waals surface area (Å²) in [5.41, 5.74) is 0.954. The van der Waals surface area contributed by atoms with E-state index < -0.39 is 0 Å². The highest BCUT2D eigenvalue weighted by molar-refractivity contribution is 7.09. The maximum atomic E-state index is 5.78. The van der Waals surface area contributed by atoms with Gasteiger partial charge in [0.05, 0.1) is 17.6 Å². The van der Waals surface area contributed by atoms with Gasteiger partial charge in [-0.2, -0.15) is 0 Å². The summed E-state index contributed by atoms with van der Waals surface area (Å²) < 4.78 is 2.19. The molecule has 1 atom stereocenters. The molecule has 0 spiro atoms. The standard InChI is InChI=1S/C12H16ClN3S/c1-3-4-11-14-5-6-16(11)9(2)12-15-10(7-13)8-17-12/h5-6,8-9H,3-4,7H2,1-2H3. The van der Waals surface area contributed by atoms with Crippen LogP contribution in [-0.4, -0.2) is 14.5 Å². The minimum Gasteiger partial charge on any atom is -0.325 e. The zero-order chi connectivity index (χ0) is 12.3. The molecular formula is C12H16ClN3S. The van der Waals surface area contributed by atoms with Crippen LogP contribution in [0.15, 0.2) is 17.8 Å². The molecule has 0 N–H and O–H groups in total.